The first-order chi connectivity index (χ1) is 9.47. The molecule has 1 N–H and O–H groups in total. The summed E-state index contributed by atoms with van der Waals surface area (Å²) in [6.07, 6.45) is 13.6. The van der Waals surface area contributed by atoms with Crippen LogP contribution in [0.3, 0.4) is 0 Å². The van der Waals surface area contributed by atoms with E-state index in [-0.39, 0.29) is 0 Å². The van der Waals surface area contributed by atoms with Crippen molar-refractivity contribution in [1.82, 2.24) is 5.32 Å². The van der Waals surface area contributed by atoms with E-state index in [9.17, 15) is 0 Å². The summed E-state index contributed by atoms with van der Waals surface area (Å²) < 4.78 is 0. The van der Waals surface area contributed by atoms with E-state index < -0.39 is 0 Å². The maximum Gasteiger partial charge on any atom is 0.0121 e. The molecule has 2 unspecified atom stereocenters. The Kier molecular flexibility index (Phi) is 3.05. The van der Waals surface area contributed by atoms with E-state index in [0.717, 1.165) is 29.8 Å². The standard InChI is InChI=1S/C19H33N/c1-13(20-17-5-4-6-18(17,2)3)19-10-14-7-15(11-19)9-16(8-14)12-19/h13-17,20H,4-12H2,1-3H3. The first kappa shape index (κ1) is 13.6. The van der Waals surface area contributed by atoms with Gasteiger partial charge in [0.1, 0.15) is 0 Å². The van der Waals surface area contributed by atoms with Crippen LogP contribution in [0.2, 0.25) is 0 Å². The summed E-state index contributed by atoms with van der Waals surface area (Å²) in [7, 11) is 0. The summed E-state index contributed by atoms with van der Waals surface area (Å²) in [4.78, 5) is 0. The molecule has 4 bridgehead atoms. The van der Waals surface area contributed by atoms with Crippen molar-refractivity contribution < 1.29 is 0 Å². The molecule has 1 nitrogen and oxygen atoms in total. The smallest absolute Gasteiger partial charge is 0.0121 e. The van der Waals surface area contributed by atoms with E-state index in [4.69, 9.17) is 0 Å². The van der Waals surface area contributed by atoms with Gasteiger partial charge in [-0.15, -0.1) is 0 Å². The Morgan fingerprint density at radius 1 is 0.950 bits per heavy atom. The lowest BCUT2D eigenvalue weighted by molar-refractivity contribution is -0.0737. The zero-order valence-electron chi connectivity index (χ0n) is 13.8. The molecule has 5 rings (SSSR count). The highest BCUT2D eigenvalue weighted by Gasteiger charge is 2.53. The molecule has 0 radical (unpaired) electrons. The normalized spacial score (nSPS) is 50.5. The molecule has 0 amide bonds. The minimum absolute atomic E-state index is 0.524. The zero-order valence-corrected chi connectivity index (χ0v) is 13.8. The van der Waals surface area contributed by atoms with Crippen molar-refractivity contribution in [2.75, 3.05) is 0 Å². The van der Waals surface area contributed by atoms with Gasteiger partial charge in [-0.2, -0.15) is 0 Å². The van der Waals surface area contributed by atoms with Crippen LogP contribution in [-0.4, -0.2) is 12.1 Å². The van der Waals surface area contributed by atoms with Crippen LogP contribution in [0.5, 0.6) is 0 Å². The second kappa shape index (κ2) is 4.48. The van der Waals surface area contributed by atoms with Gasteiger partial charge >= 0.3 is 0 Å². The lowest BCUT2D eigenvalue weighted by Gasteiger charge is -2.59. The summed E-state index contributed by atoms with van der Waals surface area (Å²) in [5.41, 5.74) is 1.20. The minimum atomic E-state index is 0.524. The van der Waals surface area contributed by atoms with Crippen molar-refractivity contribution in [3.05, 3.63) is 0 Å². The molecule has 0 aromatic rings. The van der Waals surface area contributed by atoms with Gasteiger partial charge < -0.3 is 5.32 Å². The topological polar surface area (TPSA) is 12.0 Å². The molecular formula is C19H33N. The van der Waals surface area contributed by atoms with Crippen molar-refractivity contribution in [3.63, 3.8) is 0 Å². The summed E-state index contributed by atoms with van der Waals surface area (Å²) in [6.45, 7) is 7.48. The van der Waals surface area contributed by atoms with Gasteiger partial charge in [-0.05, 0) is 86.9 Å². The molecule has 20 heavy (non-hydrogen) atoms. The Bertz CT molecular complexity index is 348. The van der Waals surface area contributed by atoms with Crippen molar-refractivity contribution >= 4 is 0 Å². The highest BCUT2D eigenvalue weighted by molar-refractivity contribution is 5.06. The maximum absolute atomic E-state index is 4.13. The highest BCUT2D eigenvalue weighted by Crippen LogP contribution is 2.61. The summed E-state index contributed by atoms with van der Waals surface area (Å²) in [5, 5.41) is 4.13. The van der Waals surface area contributed by atoms with Crippen molar-refractivity contribution in [2.45, 2.75) is 90.6 Å². The number of nitrogens with one attached hydrogen (secondary N) is 1. The van der Waals surface area contributed by atoms with Crippen LogP contribution < -0.4 is 5.32 Å². The van der Waals surface area contributed by atoms with E-state index in [1.165, 1.54) is 19.3 Å². The maximum atomic E-state index is 4.13. The van der Waals surface area contributed by atoms with Crippen molar-refractivity contribution in [3.8, 4) is 0 Å². The van der Waals surface area contributed by atoms with Gasteiger partial charge in [0.25, 0.3) is 0 Å². The SMILES string of the molecule is CC(NC1CCCC1(C)C)C12CC3CC(CC(C3)C1)C2. The molecule has 0 heterocycles. The molecule has 0 saturated heterocycles. The van der Waals surface area contributed by atoms with Crippen LogP contribution in [0, 0.1) is 28.6 Å². The van der Waals surface area contributed by atoms with Crippen LogP contribution in [-0.2, 0) is 0 Å². The fourth-order valence-corrected chi connectivity index (χ4v) is 6.82. The molecule has 0 spiro atoms. The van der Waals surface area contributed by atoms with Gasteiger partial charge in [-0.3, -0.25) is 0 Å². The minimum Gasteiger partial charge on any atom is -0.310 e. The van der Waals surface area contributed by atoms with Crippen LogP contribution >= 0.6 is 0 Å². The number of rotatable bonds is 3. The first-order valence-corrected chi connectivity index (χ1v) is 9.23. The molecule has 1 heteroatoms. The van der Waals surface area contributed by atoms with Crippen LogP contribution in [0.25, 0.3) is 0 Å². The quantitative estimate of drug-likeness (QED) is 0.783. The van der Waals surface area contributed by atoms with E-state index in [1.807, 2.05) is 0 Å². The Morgan fingerprint density at radius 2 is 1.50 bits per heavy atom. The largest absolute Gasteiger partial charge is 0.310 e. The lowest BCUT2D eigenvalue weighted by Crippen LogP contribution is -2.57. The third-order valence-corrected chi connectivity index (χ3v) is 7.71. The van der Waals surface area contributed by atoms with Crippen LogP contribution in [0.4, 0.5) is 0 Å². The van der Waals surface area contributed by atoms with E-state index in [2.05, 4.69) is 26.1 Å². The fraction of sp³-hybridized carbons (Fsp3) is 1.00. The van der Waals surface area contributed by atoms with Gasteiger partial charge in [0.2, 0.25) is 0 Å². The van der Waals surface area contributed by atoms with Crippen molar-refractivity contribution in [2.24, 2.45) is 28.6 Å². The summed E-state index contributed by atoms with van der Waals surface area (Å²) in [6, 6.07) is 1.52. The third kappa shape index (κ3) is 2.07. The van der Waals surface area contributed by atoms with Gasteiger partial charge in [-0.25, -0.2) is 0 Å². The molecule has 0 aromatic heterocycles. The highest BCUT2D eigenvalue weighted by atomic mass is 15.0. The molecule has 114 valence electrons. The Labute approximate surface area is 125 Å². The number of hydrogen-bond acceptors (Lipinski definition) is 1. The van der Waals surface area contributed by atoms with E-state index in [1.54, 1.807) is 38.5 Å². The van der Waals surface area contributed by atoms with Gasteiger partial charge in [0.15, 0.2) is 0 Å². The molecule has 5 saturated carbocycles. The Morgan fingerprint density at radius 3 is 1.95 bits per heavy atom. The van der Waals surface area contributed by atoms with Gasteiger partial charge in [-0.1, -0.05) is 20.3 Å². The second-order valence-electron chi connectivity index (χ2n) is 9.60. The lowest BCUT2D eigenvalue weighted by atomic mass is 9.48. The van der Waals surface area contributed by atoms with Gasteiger partial charge in [0.05, 0.1) is 0 Å². The summed E-state index contributed by atoms with van der Waals surface area (Å²) in [5.74, 6) is 3.26. The van der Waals surface area contributed by atoms with Crippen LogP contribution in [0.15, 0.2) is 0 Å². The predicted molar refractivity (Wildman–Crippen MR) is 84.6 cm³/mol. The molecule has 5 fully saturated rings. The molecule has 5 aliphatic carbocycles. The molecule has 0 aliphatic heterocycles. The van der Waals surface area contributed by atoms with Crippen LogP contribution in [0.1, 0.15) is 78.6 Å². The van der Waals surface area contributed by atoms with E-state index >= 15 is 0 Å². The van der Waals surface area contributed by atoms with Crippen molar-refractivity contribution in [1.29, 1.82) is 0 Å². The molecule has 2 atom stereocenters. The molecule has 0 aromatic carbocycles. The fourth-order valence-electron chi connectivity index (χ4n) is 6.82. The molecule has 5 aliphatic rings. The average Bonchev–Trinajstić information content (AvgIpc) is 2.67. The average molecular weight is 275 g/mol. The Balaban J connectivity index is 1.49. The van der Waals surface area contributed by atoms with Gasteiger partial charge in [0, 0.05) is 12.1 Å². The molecular weight excluding hydrogens is 242 g/mol. The predicted octanol–water partition coefficient (Wildman–Crippen LogP) is 4.76. The zero-order chi connectivity index (χ0) is 14.0. The second-order valence-corrected chi connectivity index (χ2v) is 9.60. The number of hydrogen-bond donors (Lipinski definition) is 1. The Hall–Kier alpha value is -0.0400. The summed E-state index contributed by atoms with van der Waals surface area (Å²) >= 11 is 0. The third-order valence-electron chi connectivity index (χ3n) is 7.71. The van der Waals surface area contributed by atoms with E-state index in [0.29, 0.717) is 10.8 Å². The monoisotopic (exact) mass is 275 g/mol. The first-order valence-electron chi connectivity index (χ1n) is 9.23.